The number of rotatable bonds is 3. The van der Waals surface area contributed by atoms with Crippen molar-refractivity contribution in [1.82, 2.24) is 9.97 Å². The maximum Gasteiger partial charge on any atom is 0.165 e. The van der Waals surface area contributed by atoms with Crippen molar-refractivity contribution in [2.24, 2.45) is 0 Å². The summed E-state index contributed by atoms with van der Waals surface area (Å²) in [6.07, 6.45) is 5.47. The summed E-state index contributed by atoms with van der Waals surface area (Å²) in [6.45, 7) is 2.09. The van der Waals surface area contributed by atoms with Crippen molar-refractivity contribution in [3.63, 3.8) is 0 Å². The molecule has 0 spiro atoms. The zero-order valence-corrected chi connectivity index (χ0v) is 9.52. The number of benzene rings is 1. The first-order valence-corrected chi connectivity index (χ1v) is 5.50. The average molecular weight is 232 g/mol. The number of hydrogen-bond acceptors (Lipinski definition) is 3. The number of aryl methyl sites for hydroxylation is 1. The summed E-state index contributed by atoms with van der Waals surface area (Å²) < 4.78 is 13.2. The van der Waals surface area contributed by atoms with E-state index in [9.17, 15) is 4.39 Å². The highest BCUT2D eigenvalue weighted by Crippen LogP contribution is 2.22. The Hall–Kier alpha value is -1.97. The van der Waals surface area contributed by atoms with Crippen molar-refractivity contribution >= 4 is 0 Å². The Labute approximate surface area is 99.0 Å². The fourth-order valence-corrected chi connectivity index (χ4v) is 1.57. The number of phenolic OH excluding ortho intramolecular Hbond substituents is 1. The first-order valence-electron chi connectivity index (χ1n) is 5.50. The molecular weight excluding hydrogens is 219 g/mol. The topological polar surface area (TPSA) is 46.0 Å². The van der Waals surface area contributed by atoms with Gasteiger partial charge >= 0.3 is 0 Å². The predicted molar refractivity (Wildman–Crippen MR) is 63.1 cm³/mol. The van der Waals surface area contributed by atoms with E-state index in [1.54, 1.807) is 18.5 Å². The van der Waals surface area contributed by atoms with Gasteiger partial charge in [0.15, 0.2) is 17.4 Å². The predicted octanol–water partition coefficient (Wildman–Crippen LogP) is 2.94. The molecule has 0 amide bonds. The molecule has 2 aromatic rings. The third-order valence-corrected chi connectivity index (χ3v) is 2.45. The monoisotopic (exact) mass is 232 g/mol. The molecule has 0 fully saturated rings. The van der Waals surface area contributed by atoms with Crippen molar-refractivity contribution in [2.45, 2.75) is 19.8 Å². The second kappa shape index (κ2) is 4.91. The molecule has 4 heteroatoms. The second-order valence-corrected chi connectivity index (χ2v) is 3.83. The highest BCUT2D eigenvalue weighted by Gasteiger charge is 2.05. The fraction of sp³-hybridized carbons (Fsp3) is 0.231. The third kappa shape index (κ3) is 2.58. The number of aromatic nitrogens is 2. The van der Waals surface area contributed by atoms with E-state index in [1.165, 1.54) is 12.1 Å². The van der Waals surface area contributed by atoms with Gasteiger partial charge in [-0.15, -0.1) is 0 Å². The molecule has 1 aromatic carbocycles. The van der Waals surface area contributed by atoms with Crippen molar-refractivity contribution in [2.75, 3.05) is 0 Å². The van der Waals surface area contributed by atoms with Crippen LogP contribution in [0.15, 0.2) is 30.6 Å². The van der Waals surface area contributed by atoms with Crippen LogP contribution in [0.1, 0.15) is 18.9 Å². The summed E-state index contributed by atoms with van der Waals surface area (Å²) >= 11 is 0. The normalized spacial score (nSPS) is 10.5. The Kier molecular flexibility index (Phi) is 3.32. The van der Waals surface area contributed by atoms with E-state index in [4.69, 9.17) is 5.11 Å². The average Bonchev–Trinajstić information content (AvgIpc) is 2.34. The van der Waals surface area contributed by atoms with Crippen LogP contribution >= 0.6 is 0 Å². The molecule has 2 rings (SSSR count). The highest BCUT2D eigenvalue weighted by atomic mass is 19.1. The van der Waals surface area contributed by atoms with Crippen LogP contribution in [0.4, 0.5) is 4.39 Å². The van der Waals surface area contributed by atoms with Crippen molar-refractivity contribution < 1.29 is 9.50 Å². The largest absolute Gasteiger partial charge is 0.505 e. The molecule has 17 heavy (non-hydrogen) atoms. The minimum atomic E-state index is -0.663. The lowest BCUT2D eigenvalue weighted by atomic mass is 10.1. The van der Waals surface area contributed by atoms with Gasteiger partial charge in [-0.25, -0.2) is 14.4 Å². The summed E-state index contributed by atoms with van der Waals surface area (Å²) in [4.78, 5) is 8.36. The molecule has 3 nitrogen and oxygen atoms in total. The van der Waals surface area contributed by atoms with Crippen LogP contribution < -0.4 is 0 Å². The smallest absolute Gasteiger partial charge is 0.165 e. The van der Waals surface area contributed by atoms with E-state index in [-0.39, 0.29) is 5.75 Å². The molecule has 1 heterocycles. The summed E-state index contributed by atoms with van der Waals surface area (Å²) in [5, 5.41) is 9.09. The molecule has 0 aliphatic carbocycles. The van der Waals surface area contributed by atoms with E-state index in [0.29, 0.717) is 11.4 Å². The molecule has 0 atom stereocenters. The van der Waals surface area contributed by atoms with Crippen LogP contribution in [0.25, 0.3) is 11.4 Å². The lowest BCUT2D eigenvalue weighted by Gasteiger charge is -2.02. The minimum absolute atomic E-state index is 0.364. The number of nitrogens with zero attached hydrogens (tertiary/aromatic N) is 2. The molecule has 1 aromatic heterocycles. The third-order valence-electron chi connectivity index (χ3n) is 2.45. The van der Waals surface area contributed by atoms with Gasteiger partial charge in [0.1, 0.15) is 0 Å². The van der Waals surface area contributed by atoms with Gasteiger partial charge in [-0.05, 0) is 30.2 Å². The number of hydrogen-bond donors (Lipinski definition) is 1. The Morgan fingerprint density at radius 2 is 1.94 bits per heavy atom. The van der Waals surface area contributed by atoms with Gasteiger partial charge in [0, 0.05) is 18.0 Å². The molecule has 0 saturated carbocycles. The van der Waals surface area contributed by atoms with Crippen LogP contribution in [-0.2, 0) is 6.42 Å². The van der Waals surface area contributed by atoms with E-state index < -0.39 is 5.82 Å². The summed E-state index contributed by atoms with van der Waals surface area (Å²) in [5.74, 6) is -0.566. The fourth-order valence-electron chi connectivity index (χ4n) is 1.57. The van der Waals surface area contributed by atoms with Crippen molar-refractivity contribution in [1.29, 1.82) is 0 Å². The van der Waals surface area contributed by atoms with Crippen LogP contribution in [0.5, 0.6) is 5.75 Å². The summed E-state index contributed by atoms with van der Waals surface area (Å²) in [5.41, 5.74) is 1.62. The number of aromatic hydroxyl groups is 1. The van der Waals surface area contributed by atoms with Gasteiger partial charge in [0.25, 0.3) is 0 Å². The standard InChI is InChI=1S/C13H13FN2O/c1-2-3-9-7-15-13(16-8-9)10-4-5-12(17)11(14)6-10/h4-8,17H,2-3H2,1H3. The van der Waals surface area contributed by atoms with E-state index in [2.05, 4.69) is 16.9 Å². The SMILES string of the molecule is CCCc1cnc(-c2ccc(O)c(F)c2)nc1. The van der Waals surface area contributed by atoms with Crippen LogP contribution in [0.3, 0.4) is 0 Å². The Balaban J connectivity index is 2.30. The molecule has 0 aliphatic rings. The number of phenols is 1. The Morgan fingerprint density at radius 1 is 1.24 bits per heavy atom. The molecule has 1 N–H and O–H groups in total. The molecule has 0 saturated heterocycles. The molecule has 88 valence electrons. The summed E-state index contributed by atoms with van der Waals surface area (Å²) in [6, 6.07) is 4.12. The van der Waals surface area contributed by atoms with E-state index >= 15 is 0 Å². The van der Waals surface area contributed by atoms with Crippen LogP contribution in [-0.4, -0.2) is 15.1 Å². The van der Waals surface area contributed by atoms with Gasteiger partial charge in [0.05, 0.1) is 0 Å². The quantitative estimate of drug-likeness (QED) is 0.885. The lowest BCUT2D eigenvalue weighted by Crippen LogP contribution is -1.92. The Bertz CT molecular complexity index is 511. The first-order chi connectivity index (χ1) is 8.20. The van der Waals surface area contributed by atoms with E-state index in [1.807, 2.05) is 0 Å². The van der Waals surface area contributed by atoms with Gasteiger partial charge in [0.2, 0.25) is 0 Å². The van der Waals surface area contributed by atoms with E-state index in [0.717, 1.165) is 18.4 Å². The number of halogens is 1. The zero-order valence-electron chi connectivity index (χ0n) is 9.52. The van der Waals surface area contributed by atoms with Gasteiger partial charge < -0.3 is 5.11 Å². The van der Waals surface area contributed by atoms with Crippen molar-refractivity contribution in [3.05, 3.63) is 42.0 Å². The maximum atomic E-state index is 13.2. The molecule has 0 radical (unpaired) electrons. The van der Waals surface area contributed by atoms with Gasteiger partial charge in [-0.3, -0.25) is 0 Å². The van der Waals surface area contributed by atoms with Gasteiger partial charge in [-0.2, -0.15) is 0 Å². The minimum Gasteiger partial charge on any atom is -0.505 e. The van der Waals surface area contributed by atoms with Crippen molar-refractivity contribution in [3.8, 4) is 17.1 Å². The molecule has 0 bridgehead atoms. The maximum absolute atomic E-state index is 13.2. The van der Waals surface area contributed by atoms with Crippen LogP contribution in [0, 0.1) is 5.82 Å². The van der Waals surface area contributed by atoms with Gasteiger partial charge in [-0.1, -0.05) is 13.3 Å². The Morgan fingerprint density at radius 3 is 2.53 bits per heavy atom. The van der Waals surface area contributed by atoms with Crippen LogP contribution in [0.2, 0.25) is 0 Å². The summed E-state index contributed by atoms with van der Waals surface area (Å²) in [7, 11) is 0. The zero-order chi connectivity index (χ0) is 12.3. The second-order valence-electron chi connectivity index (χ2n) is 3.83. The molecule has 0 aliphatic heterocycles. The molecule has 0 unspecified atom stereocenters. The highest BCUT2D eigenvalue weighted by molar-refractivity contribution is 5.56. The lowest BCUT2D eigenvalue weighted by molar-refractivity contribution is 0.432. The first kappa shape index (κ1) is 11.5. The molecular formula is C13H13FN2O.